The van der Waals surface area contributed by atoms with Crippen molar-refractivity contribution >= 4 is 0 Å². The predicted molar refractivity (Wildman–Crippen MR) is 86.6 cm³/mol. The van der Waals surface area contributed by atoms with Crippen molar-refractivity contribution in [1.82, 2.24) is 10.2 Å². The van der Waals surface area contributed by atoms with Crippen LogP contribution in [0, 0.1) is 0 Å². The van der Waals surface area contributed by atoms with Crippen molar-refractivity contribution in [3.8, 4) is 0 Å². The number of nitrogens with zero attached hydrogens (tertiary/aromatic N) is 1. The van der Waals surface area contributed by atoms with Crippen molar-refractivity contribution in [3.63, 3.8) is 0 Å². The first-order valence-electron chi connectivity index (χ1n) is 8.93. The Morgan fingerprint density at radius 2 is 1.57 bits per heavy atom. The van der Waals surface area contributed by atoms with Gasteiger partial charge in [0.2, 0.25) is 0 Å². The highest BCUT2D eigenvalue weighted by atomic mass is 16.5. The molecular formula is C17H34N2O2. The van der Waals surface area contributed by atoms with Crippen LogP contribution in [0.5, 0.6) is 0 Å². The molecule has 2 N–H and O–H groups in total. The van der Waals surface area contributed by atoms with Crippen molar-refractivity contribution in [2.24, 2.45) is 0 Å². The molecular weight excluding hydrogens is 264 g/mol. The normalized spacial score (nSPS) is 25.4. The molecule has 1 aliphatic carbocycles. The highest BCUT2D eigenvalue weighted by Crippen LogP contribution is 2.19. The summed E-state index contributed by atoms with van der Waals surface area (Å²) < 4.78 is 5.00. The molecule has 2 fully saturated rings. The molecule has 124 valence electrons. The lowest BCUT2D eigenvalue weighted by Crippen LogP contribution is -2.48. The fraction of sp³-hybridized carbons (Fsp3) is 1.00. The molecule has 0 spiro atoms. The van der Waals surface area contributed by atoms with E-state index in [9.17, 15) is 5.11 Å². The quantitative estimate of drug-likeness (QED) is 0.789. The molecule has 4 nitrogen and oxygen atoms in total. The van der Waals surface area contributed by atoms with E-state index in [1.807, 2.05) is 0 Å². The second-order valence-electron chi connectivity index (χ2n) is 6.89. The predicted octanol–water partition coefficient (Wildman–Crippen LogP) is 2.16. The maximum Gasteiger partial charge on any atom is 0.0900 e. The van der Waals surface area contributed by atoms with Gasteiger partial charge in [0.15, 0.2) is 0 Å². The van der Waals surface area contributed by atoms with Crippen LogP contribution in [0.15, 0.2) is 0 Å². The number of aliphatic hydroxyl groups is 1. The number of nitrogens with one attached hydrogen (secondary N) is 1. The number of aliphatic hydroxyl groups excluding tert-OH is 1. The highest BCUT2D eigenvalue weighted by molar-refractivity contribution is 4.82. The molecule has 0 aromatic carbocycles. The molecule has 0 amide bonds. The van der Waals surface area contributed by atoms with Gasteiger partial charge in [0.25, 0.3) is 0 Å². The number of hydrogen-bond donors (Lipinski definition) is 2. The van der Waals surface area contributed by atoms with E-state index in [4.69, 9.17) is 4.74 Å². The maximum atomic E-state index is 9.80. The van der Waals surface area contributed by atoms with Gasteiger partial charge in [-0.2, -0.15) is 0 Å². The van der Waals surface area contributed by atoms with Crippen LogP contribution < -0.4 is 5.32 Å². The lowest BCUT2D eigenvalue weighted by molar-refractivity contribution is 0.0306. The summed E-state index contributed by atoms with van der Waals surface area (Å²) in [5.74, 6) is 0. The van der Waals surface area contributed by atoms with Crippen LogP contribution in [0.4, 0.5) is 0 Å². The van der Waals surface area contributed by atoms with Crippen molar-refractivity contribution < 1.29 is 9.84 Å². The van der Waals surface area contributed by atoms with Gasteiger partial charge in [-0.25, -0.2) is 0 Å². The van der Waals surface area contributed by atoms with Crippen LogP contribution in [0.25, 0.3) is 0 Å². The molecule has 1 heterocycles. The van der Waals surface area contributed by atoms with Crippen LogP contribution in [0.1, 0.15) is 57.8 Å². The minimum absolute atomic E-state index is 0.342. The van der Waals surface area contributed by atoms with Crippen molar-refractivity contribution in [2.45, 2.75) is 76.0 Å². The molecule has 1 saturated carbocycles. The van der Waals surface area contributed by atoms with Gasteiger partial charge in [-0.3, -0.25) is 0 Å². The summed E-state index contributed by atoms with van der Waals surface area (Å²) in [6, 6.07) is 1.44. The number of rotatable bonds is 6. The second kappa shape index (κ2) is 9.78. The lowest BCUT2D eigenvalue weighted by atomic mass is 9.94. The molecule has 2 aliphatic rings. The monoisotopic (exact) mass is 298 g/mol. The summed E-state index contributed by atoms with van der Waals surface area (Å²) in [7, 11) is 1.65. The molecule has 0 radical (unpaired) electrons. The van der Waals surface area contributed by atoms with E-state index in [1.165, 1.54) is 57.8 Å². The third kappa shape index (κ3) is 6.64. The first kappa shape index (κ1) is 17.2. The van der Waals surface area contributed by atoms with E-state index in [2.05, 4.69) is 10.2 Å². The first-order chi connectivity index (χ1) is 10.3. The fourth-order valence-corrected chi connectivity index (χ4v) is 3.78. The third-order valence-electron chi connectivity index (χ3n) is 4.99. The average Bonchev–Trinajstić information content (AvgIpc) is 2.44. The van der Waals surface area contributed by atoms with E-state index in [0.717, 1.165) is 25.7 Å². The number of methoxy groups -OCH3 is 1. The number of ether oxygens (including phenoxy) is 1. The third-order valence-corrected chi connectivity index (χ3v) is 4.99. The second-order valence-corrected chi connectivity index (χ2v) is 6.89. The Labute approximate surface area is 130 Å². The van der Waals surface area contributed by atoms with Gasteiger partial charge in [-0.05, 0) is 38.8 Å². The van der Waals surface area contributed by atoms with Gasteiger partial charge < -0.3 is 20.1 Å². The van der Waals surface area contributed by atoms with Gasteiger partial charge in [-0.1, -0.05) is 32.1 Å². The van der Waals surface area contributed by atoms with Crippen LogP contribution in [0.2, 0.25) is 0 Å². The zero-order valence-corrected chi connectivity index (χ0v) is 13.7. The Bertz CT molecular complexity index is 260. The zero-order chi connectivity index (χ0) is 14.9. The molecule has 1 saturated heterocycles. The van der Waals surface area contributed by atoms with Crippen LogP contribution >= 0.6 is 0 Å². The topological polar surface area (TPSA) is 44.7 Å². The number of β-amino-alcohol motifs (C(OH)–C–C–N with tert-alkyl or cyclic N) is 1. The minimum atomic E-state index is -0.342. The molecule has 1 unspecified atom stereocenters. The Morgan fingerprint density at radius 3 is 2.19 bits per heavy atom. The maximum absolute atomic E-state index is 9.80. The summed E-state index contributed by atoms with van der Waals surface area (Å²) in [4.78, 5) is 2.37. The zero-order valence-electron chi connectivity index (χ0n) is 13.7. The van der Waals surface area contributed by atoms with Crippen molar-refractivity contribution in [2.75, 3.05) is 33.4 Å². The summed E-state index contributed by atoms with van der Waals surface area (Å²) in [5.41, 5.74) is 0. The van der Waals surface area contributed by atoms with Gasteiger partial charge in [0, 0.05) is 25.7 Å². The summed E-state index contributed by atoms with van der Waals surface area (Å²) in [6.45, 7) is 3.40. The molecule has 1 atom stereocenters. The summed E-state index contributed by atoms with van der Waals surface area (Å²) in [5, 5.41) is 13.7. The van der Waals surface area contributed by atoms with Gasteiger partial charge in [0.05, 0.1) is 12.7 Å². The highest BCUT2D eigenvalue weighted by Gasteiger charge is 2.23. The largest absolute Gasteiger partial charge is 0.389 e. The number of hydrogen-bond acceptors (Lipinski definition) is 4. The fourth-order valence-electron chi connectivity index (χ4n) is 3.78. The van der Waals surface area contributed by atoms with E-state index in [0.29, 0.717) is 12.6 Å². The molecule has 0 aromatic rings. The average molecular weight is 298 g/mol. The lowest BCUT2D eigenvalue weighted by Gasteiger charge is -2.35. The van der Waals surface area contributed by atoms with E-state index in [1.54, 1.807) is 7.11 Å². The smallest absolute Gasteiger partial charge is 0.0900 e. The molecule has 21 heavy (non-hydrogen) atoms. The van der Waals surface area contributed by atoms with Gasteiger partial charge in [-0.15, -0.1) is 0 Å². The van der Waals surface area contributed by atoms with Crippen LogP contribution in [-0.4, -0.2) is 61.5 Å². The molecule has 0 aromatic heterocycles. The SMILES string of the molecule is COCC(O)CN1CCC(NC2CCCCCCC2)CC1. The minimum Gasteiger partial charge on any atom is -0.389 e. The van der Waals surface area contributed by atoms with Crippen LogP contribution in [-0.2, 0) is 4.74 Å². The molecule has 1 aliphatic heterocycles. The Hall–Kier alpha value is -0.160. The van der Waals surface area contributed by atoms with Gasteiger partial charge >= 0.3 is 0 Å². The summed E-state index contributed by atoms with van der Waals surface area (Å²) in [6.07, 6.45) is 11.9. The van der Waals surface area contributed by atoms with Crippen molar-refractivity contribution in [3.05, 3.63) is 0 Å². The van der Waals surface area contributed by atoms with E-state index in [-0.39, 0.29) is 6.10 Å². The number of likely N-dealkylation sites (tertiary alicyclic amines) is 1. The van der Waals surface area contributed by atoms with Gasteiger partial charge in [0.1, 0.15) is 0 Å². The Kier molecular flexibility index (Phi) is 8.01. The van der Waals surface area contributed by atoms with E-state index < -0.39 is 0 Å². The molecule has 4 heteroatoms. The molecule has 0 bridgehead atoms. The Morgan fingerprint density at radius 1 is 1.00 bits per heavy atom. The van der Waals surface area contributed by atoms with Crippen LogP contribution in [0.3, 0.4) is 0 Å². The van der Waals surface area contributed by atoms with Crippen molar-refractivity contribution in [1.29, 1.82) is 0 Å². The number of piperidine rings is 1. The Balaban J connectivity index is 1.63. The standard InChI is InChI=1S/C17H34N2O2/c1-21-14-17(20)13-19-11-9-16(10-12-19)18-15-7-5-3-2-4-6-8-15/h15-18,20H,2-14H2,1H3. The summed E-state index contributed by atoms with van der Waals surface area (Å²) >= 11 is 0. The van der Waals surface area contributed by atoms with E-state index >= 15 is 0 Å². The molecule has 2 rings (SSSR count). The first-order valence-corrected chi connectivity index (χ1v) is 8.93.